The molecule has 1 N–H and O–H groups in total. The Hall–Kier alpha value is -1.88. The van der Waals surface area contributed by atoms with Crippen LogP contribution >= 0.6 is 12.2 Å². The zero-order chi connectivity index (χ0) is 16.5. The molecule has 126 valence electrons. The number of aryl methyl sites for hydroxylation is 1. The standard InChI is InChI=1S/C19H24N4S/c1-22-12-10-14(13-22)18-17(16-9-5-6-11-20-16)21-19(24)23(18)15-7-3-2-4-8-15/h5-6,9-13,15,17-18H,2-4,7-8H2,1H3,(H,21,24)/t17-,18+/m1/s1. The molecule has 5 heteroatoms. The Bertz CT molecular complexity index is 705. The van der Waals surface area contributed by atoms with Crippen LogP contribution in [0.5, 0.6) is 0 Å². The number of pyridine rings is 1. The molecule has 1 aliphatic carbocycles. The van der Waals surface area contributed by atoms with E-state index >= 15 is 0 Å². The highest BCUT2D eigenvalue weighted by Crippen LogP contribution is 2.42. The van der Waals surface area contributed by atoms with Gasteiger partial charge >= 0.3 is 0 Å². The molecule has 0 aromatic carbocycles. The van der Waals surface area contributed by atoms with Crippen molar-refractivity contribution in [2.24, 2.45) is 7.05 Å². The third-order valence-electron chi connectivity index (χ3n) is 5.30. The van der Waals surface area contributed by atoms with Crippen LogP contribution in [0, 0.1) is 0 Å². The molecule has 24 heavy (non-hydrogen) atoms. The van der Waals surface area contributed by atoms with Crippen molar-refractivity contribution in [2.75, 3.05) is 0 Å². The SMILES string of the molecule is Cn1ccc([C@H]2[C@@H](c3ccccn3)NC(=S)N2C2CCCCC2)c1. The Balaban J connectivity index is 1.73. The van der Waals surface area contributed by atoms with Gasteiger partial charge in [0.25, 0.3) is 0 Å². The molecule has 1 saturated heterocycles. The fraction of sp³-hybridized carbons (Fsp3) is 0.474. The average Bonchev–Trinajstić information content (AvgIpc) is 3.19. The first kappa shape index (κ1) is 15.6. The van der Waals surface area contributed by atoms with Crippen molar-refractivity contribution >= 4 is 17.3 Å². The van der Waals surface area contributed by atoms with Gasteiger partial charge in [0.05, 0.1) is 17.8 Å². The van der Waals surface area contributed by atoms with Crippen molar-refractivity contribution in [3.05, 3.63) is 54.1 Å². The maximum Gasteiger partial charge on any atom is 0.170 e. The van der Waals surface area contributed by atoms with Crippen LogP contribution < -0.4 is 5.32 Å². The van der Waals surface area contributed by atoms with Crippen molar-refractivity contribution in [1.82, 2.24) is 19.8 Å². The maximum atomic E-state index is 5.76. The molecule has 0 amide bonds. The number of nitrogens with zero attached hydrogens (tertiary/aromatic N) is 3. The van der Waals surface area contributed by atoms with E-state index in [0.717, 1.165) is 10.8 Å². The number of thiocarbonyl (C=S) groups is 1. The van der Waals surface area contributed by atoms with E-state index in [2.05, 4.69) is 57.4 Å². The van der Waals surface area contributed by atoms with Gasteiger partial charge in [0.2, 0.25) is 0 Å². The van der Waals surface area contributed by atoms with Crippen molar-refractivity contribution < 1.29 is 0 Å². The Morgan fingerprint density at radius 1 is 1.17 bits per heavy atom. The first-order chi connectivity index (χ1) is 11.7. The quantitative estimate of drug-likeness (QED) is 0.863. The molecule has 0 unspecified atom stereocenters. The second kappa shape index (κ2) is 6.55. The summed E-state index contributed by atoms with van der Waals surface area (Å²) in [6, 6.07) is 9.20. The molecule has 2 atom stereocenters. The summed E-state index contributed by atoms with van der Waals surface area (Å²) in [4.78, 5) is 7.06. The number of aromatic nitrogens is 2. The van der Waals surface area contributed by atoms with Gasteiger partial charge in [-0.05, 0) is 48.8 Å². The van der Waals surface area contributed by atoms with E-state index in [1.165, 1.54) is 37.7 Å². The molecule has 2 aromatic rings. The lowest BCUT2D eigenvalue weighted by atomic mass is 9.91. The summed E-state index contributed by atoms with van der Waals surface area (Å²) in [5.74, 6) is 0. The summed E-state index contributed by atoms with van der Waals surface area (Å²) in [6.45, 7) is 0. The third kappa shape index (κ3) is 2.81. The number of nitrogens with one attached hydrogen (secondary N) is 1. The fourth-order valence-corrected chi connectivity index (χ4v) is 4.56. The lowest BCUT2D eigenvalue weighted by Gasteiger charge is -2.36. The lowest BCUT2D eigenvalue weighted by Crippen LogP contribution is -2.40. The molecule has 1 saturated carbocycles. The van der Waals surface area contributed by atoms with Crippen molar-refractivity contribution in [3.8, 4) is 0 Å². The Morgan fingerprint density at radius 3 is 2.67 bits per heavy atom. The molecule has 0 bridgehead atoms. The van der Waals surface area contributed by atoms with Crippen LogP contribution in [0.25, 0.3) is 0 Å². The predicted octanol–water partition coefficient (Wildman–Crippen LogP) is 3.73. The Morgan fingerprint density at radius 2 is 2.00 bits per heavy atom. The molecule has 3 heterocycles. The number of hydrogen-bond donors (Lipinski definition) is 1. The van der Waals surface area contributed by atoms with Crippen molar-refractivity contribution in [2.45, 2.75) is 50.2 Å². The largest absolute Gasteiger partial charge is 0.357 e. The number of rotatable bonds is 3. The minimum Gasteiger partial charge on any atom is -0.357 e. The van der Waals surface area contributed by atoms with E-state index in [4.69, 9.17) is 12.2 Å². The summed E-state index contributed by atoms with van der Waals surface area (Å²) in [5.41, 5.74) is 2.37. The van der Waals surface area contributed by atoms with Crippen LogP contribution in [0.1, 0.15) is 55.4 Å². The van der Waals surface area contributed by atoms with Gasteiger partial charge in [-0.1, -0.05) is 25.3 Å². The minimum atomic E-state index is 0.114. The molecule has 0 radical (unpaired) electrons. The van der Waals surface area contributed by atoms with Crippen molar-refractivity contribution in [1.29, 1.82) is 0 Å². The summed E-state index contributed by atoms with van der Waals surface area (Å²) in [6.07, 6.45) is 12.6. The maximum absolute atomic E-state index is 5.76. The van der Waals surface area contributed by atoms with Crippen LogP contribution in [0.2, 0.25) is 0 Å². The molecule has 4 rings (SSSR count). The van der Waals surface area contributed by atoms with E-state index < -0.39 is 0 Å². The Kier molecular flexibility index (Phi) is 4.27. The van der Waals surface area contributed by atoms with Crippen LogP contribution in [0.3, 0.4) is 0 Å². The summed E-state index contributed by atoms with van der Waals surface area (Å²) in [5, 5.41) is 4.44. The molecule has 2 aliphatic rings. The normalized spacial score (nSPS) is 25.0. The zero-order valence-electron chi connectivity index (χ0n) is 14.1. The van der Waals surface area contributed by atoms with E-state index in [1.807, 2.05) is 12.3 Å². The summed E-state index contributed by atoms with van der Waals surface area (Å²) < 4.78 is 2.12. The second-order valence-corrected chi connectivity index (χ2v) is 7.32. The molecular formula is C19H24N4S. The van der Waals surface area contributed by atoms with Gasteiger partial charge < -0.3 is 14.8 Å². The predicted molar refractivity (Wildman–Crippen MR) is 99.6 cm³/mol. The first-order valence-electron chi connectivity index (χ1n) is 8.85. The third-order valence-corrected chi connectivity index (χ3v) is 5.63. The Labute approximate surface area is 148 Å². The highest BCUT2D eigenvalue weighted by Gasteiger charge is 2.43. The fourth-order valence-electron chi connectivity index (χ4n) is 4.17. The van der Waals surface area contributed by atoms with Crippen LogP contribution in [0.15, 0.2) is 42.9 Å². The van der Waals surface area contributed by atoms with Crippen LogP contribution in [0.4, 0.5) is 0 Å². The van der Waals surface area contributed by atoms with Crippen LogP contribution in [-0.2, 0) is 7.05 Å². The van der Waals surface area contributed by atoms with E-state index in [0.29, 0.717) is 6.04 Å². The minimum absolute atomic E-state index is 0.114. The first-order valence-corrected chi connectivity index (χ1v) is 9.26. The topological polar surface area (TPSA) is 33.1 Å². The van der Waals surface area contributed by atoms with E-state index in [1.54, 1.807) is 0 Å². The average molecular weight is 340 g/mol. The van der Waals surface area contributed by atoms with Gasteiger partial charge in [0.1, 0.15) is 0 Å². The molecular weight excluding hydrogens is 316 g/mol. The zero-order valence-corrected chi connectivity index (χ0v) is 14.9. The van der Waals surface area contributed by atoms with Crippen molar-refractivity contribution in [3.63, 3.8) is 0 Å². The molecule has 1 aliphatic heterocycles. The van der Waals surface area contributed by atoms with Gasteiger partial charge in [0.15, 0.2) is 5.11 Å². The van der Waals surface area contributed by atoms with Gasteiger partial charge in [-0.2, -0.15) is 0 Å². The van der Waals surface area contributed by atoms with E-state index in [9.17, 15) is 0 Å². The summed E-state index contributed by atoms with van der Waals surface area (Å²) >= 11 is 5.76. The van der Waals surface area contributed by atoms with E-state index in [-0.39, 0.29) is 12.1 Å². The second-order valence-electron chi connectivity index (χ2n) is 6.94. The molecule has 4 nitrogen and oxygen atoms in total. The van der Waals surface area contributed by atoms with Crippen LogP contribution in [-0.4, -0.2) is 25.6 Å². The summed E-state index contributed by atoms with van der Waals surface area (Å²) in [7, 11) is 2.07. The highest BCUT2D eigenvalue weighted by molar-refractivity contribution is 7.80. The monoisotopic (exact) mass is 340 g/mol. The number of hydrogen-bond acceptors (Lipinski definition) is 2. The van der Waals surface area contributed by atoms with Gasteiger partial charge in [-0.3, -0.25) is 4.98 Å². The molecule has 0 spiro atoms. The van der Waals surface area contributed by atoms with Gasteiger partial charge in [-0.25, -0.2) is 0 Å². The molecule has 2 aromatic heterocycles. The van der Waals surface area contributed by atoms with Gasteiger partial charge in [0, 0.05) is 31.7 Å². The lowest BCUT2D eigenvalue weighted by molar-refractivity contribution is 0.197. The molecule has 2 fully saturated rings. The smallest absolute Gasteiger partial charge is 0.170 e. The highest BCUT2D eigenvalue weighted by atomic mass is 32.1. The van der Waals surface area contributed by atoms with Gasteiger partial charge in [-0.15, -0.1) is 0 Å².